The first kappa shape index (κ1) is 22.2. The number of rotatable bonds is 10. The van der Waals surface area contributed by atoms with Gasteiger partial charge < -0.3 is 18.9 Å². The normalized spacial score (nSPS) is 10.9. The van der Waals surface area contributed by atoms with Crippen LogP contribution in [0.1, 0.15) is 11.1 Å². The minimum absolute atomic E-state index is 0.104. The van der Waals surface area contributed by atoms with Crippen molar-refractivity contribution in [1.82, 2.24) is 20.4 Å². The largest absolute Gasteiger partial charge is 0.493 e. The molecule has 0 bridgehead atoms. The molecule has 0 atom stereocenters. The fraction of sp³-hybridized carbons (Fsp3) is 0.200. The van der Waals surface area contributed by atoms with Crippen LogP contribution in [0.25, 0.3) is 0 Å². The number of nitrogens with one attached hydrogen (secondary N) is 2. The van der Waals surface area contributed by atoms with Crippen LogP contribution in [0.2, 0.25) is 0 Å². The van der Waals surface area contributed by atoms with Gasteiger partial charge in [0, 0.05) is 11.1 Å². The summed E-state index contributed by atoms with van der Waals surface area (Å²) in [6.07, 6.45) is 3.09. The van der Waals surface area contributed by atoms with Crippen molar-refractivity contribution in [2.45, 2.75) is 0 Å². The third-order valence-electron chi connectivity index (χ3n) is 4.08. The lowest BCUT2D eigenvalue weighted by molar-refractivity contribution is 0.354. The molecule has 0 radical (unpaired) electrons. The van der Waals surface area contributed by atoms with Crippen molar-refractivity contribution in [2.24, 2.45) is 10.2 Å². The third kappa shape index (κ3) is 5.36. The van der Waals surface area contributed by atoms with Crippen LogP contribution >= 0.6 is 0 Å². The van der Waals surface area contributed by atoms with Crippen LogP contribution in [0.15, 0.2) is 46.6 Å². The topological polar surface area (TPSA) is 137 Å². The summed E-state index contributed by atoms with van der Waals surface area (Å²) in [5.41, 5.74) is 6.71. The number of para-hydroxylation sites is 2. The fourth-order valence-electron chi connectivity index (χ4n) is 2.67. The van der Waals surface area contributed by atoms with Gasteiger partial charge in [-0.2, -0.15) is 10.2 Å². The molecule has 1 heterocycles. The van der Waals surface area contributed by atoms with Crippen LogP contribution in [0.4, 0.5) is 11.9 Å². The molecule has 166 valence electrons. The first-order valence-electron chi connectivity index (χ1n) is 9.27. The summed E-state index contributed by atoms with van der Waals surface area (Å²) in [6, 6.07) is 10.9. The predicted octanol–water partition coefficient (Wildman–Crippen LogP) is 2.19. The van der Waals surface area contributed by atoms with Crippen molar-refractivity contribution in [3.63, 3.8) is 0 Å². The monoisotopic (exact) mass is 438 g/mol. The van der Waals surface area contributed by atoms with E-state index in [0.29, 0.717) is 34.1 Å². The van der Waals surface area contributed by atoms with E-state index in [0.717, 1.165) is 0 Å². The summed E-state index contributed by atoms with van der Waals surface area (Å²) in [4.78, 5) is 0. The summed E-state index contributed by atoms with van der Waals surface area (Å²) in [5, 5.41) is 23.7. The standard InChI is InChI=1S/C20H22N8O4/c1-29-15-9-5-7-13(17(15)31-3)11-21-23-19-25-27-20(28-26-19)24-22-12-14-8-6-10-16(30-2)18(14)32-4/h5-12H,1-4H3,(H,23,25,26)(H,24,27,28). The van der Waals surface area contributed by atoms with E-state index in [-0.39, 0.29) is 11.9 Å². The molecule has 3 aromatic rings. The van der Waals surface area contributed by atoms with Crippen LogP contribution < -0.4 is 29.8 Å². The van der Waals surface area contributed by atoms with Crippen LogP contribution in [-0.2, 0) is 0 Å². The Balaban J connectivity index is 1.61. The molecule has 2 aromatic carbocycles. The molecule has 0 amide bonds. The zero-order chi connectivity index (χ0) is 22.8. The maximum absolute atomic E-state index is 5.35. The second-order valence-corrected chi connectivity index (χ2v) is 5.95. The first-order chi connectivity index (χ1) is 15.7. The molecule has 0 saturated heterocycles. The van der Waals surface area contributed by atoms with Crippen molar-refractivity contribution >= 4 is 24.3 Å². The number of anilines is 2. The zero-order valence-electron chi connectivity index (χ0n) is 17.9. The Hall–Kier alpha value is -4.48. The average molecular weight is 438 g/mol. The molecule has 1 aromatic heterocycles. The Morgan fingerprint density at radius 2 is 1.03 bits per heavy atom. The molecule has 0 saturated carbocycles. The molecule has 12 heteroatoms. The van der Waals surface area contributed by atoms with Crippen molar-refractivity contribution in [1.29, 1.82) is 0 Å². The van der Waals surface area contributed by atoms with E-state index in [1.807, 2.05) is 24.3 Å². The van der Waals surface area contributed by atoms with Crippen LogP contribution in [0, 0.1) is 0 Å². The van der Waals surface area contributed by atoms with Gasteiger partial charge in [0.1, 0.15) is 0 Å². The van der Waals surface area contributed by atoms with Gasteiger partial charge in [-0.1, -0.05) is 12.1 Å². The maximum atomic E-state index is 5.35. The highest BCUT2D eigenvalue weighted by molar-refractivity contribution is 5.86. The van der Waals surface area contributed by atoms with E-state index in [4.69, 9.17) is 18.9 Å². The highest BCUT2D eigenvalue weighted by Crippen LogP contribution is 2.30. The summed E-state index contributed by atoms with van der Waals surface area (Å²) < 4.78 is 21.2. The lowest BCUT2D eigenvalue weighted by atomic mass is 10.2. The number of nitrogens with zero attached hydrogens (tertiary/aromatic N) is 6. The summed E-state index contributed by atoms with van der Waals surface area (Å²) in [7, 11) is 6.24. The summed E-state index contributed by atoms with van der Waals surface area (Å²) in [6.45, 7) is 0. The van der Waals surface area contributed by atoms with Crippen molar-refractivity contribution in [3.8, 4) is 23.0 Å². The third-order valence-corrected chi connectivity index (χ3v) is 4.08. The van der Waals surface area contributed by atoms with E-state index in [1.165, 1.54) is 0 Å². The van der Waals surface area contributed by atoms with Gasteiger partial charge >= 0.3 is 0 Å². The quantitative estimate of drug-likeness (QED) is 0.358. The lowest BCUT2D eigenvalue weighted by Gasteiger charge is -2.09. The number of hydrogen-bond donors (Lipinski definition) is 2. The molecule has 32 heavy (non-hydrogen) atoms. The number of methoxy groups -OCH3 is 4. The Bertz CT molecular complexity index is 1000. The summed E-state index contributed by atoms with van der Waals surface area (Å²) in [5.74, 6) is 2.52. The molecule has 3 rings (SSSR count). The second kappa shape index (κ2) is 11.1. The smallest absolute Gasteiger partial charge is 0.282 e. The Labute approximate surface area is 184 Å². The molecule has 12 nitrogen and oxygen atoms in total. The molecule has 0 unspecified atom stereocenters. The minimum Gasteiger partial charge on any atom is -0.493 e. The van der Waals surface area contributed by atoms with E-state index in [1.54, 1.807) is 53.0 Å². The number of aromatic nitrogens is 4. The van der Waals surface area contributed by atoms with Gasteiger partial charge in [-0.25, -0.2) is 10.9 Å². The lowest BCUT2D eigenvalue weighted by Crippen LogP contribution is -2.05. The highest BCUT2D eigenvalue weighted by atomic mass is 16.5. The SMILES string of the molecule is COc1cccc(C=NNc2nnc(NN=Cc3cccc(OC)c3OC)nn2)c1OC. The Kier molecular flexibility index (Phi) is 7.68. The highest BCUT2D eigenvalue weighted by Gasteiger charge is 2.08. The number of benzene rings is 2. The average Bonchev–Trinajstić information content (AvgIpc) is 2.84. The van der Waals surface area contributed by atoms with Crippen molar-refractivity contribution in [3.05, 3.63) is 47.5 Å². The van der Waals surface area contributed by atoms with Gasteiger partial charge in [0.05, 0.1) is 40.9 Å². The molecular weight excluding hydrogens is 416 g/mol. The Morgan fingerprint density at radius 1 is 0.625 bits per heavy atom. The summed E-state index contributed by atoms with van der Waals surface area (Å²) >= 11 is 0. The molecule has 0 aliphatic rings. The first-order valence-corrected chi connectivity index (χ1v) is 9.27. The Morgan fingerprint density at radius 3 is 1.38 bits per heavy atom. The van der Waals surface area contributed by atoms with E-state index >= 15 is 0 Å². The zero-order valence-corrected chi connectivity index (χ0v) is 17.9. The van der Waals surface area contributed by atoms with Gasteiger partial charge in [0.15, 0.2) is 23.0 Å². The number of hydrogen-bond acceptors (Lipinski definition) is 12. The van der Waals surface area contributed by atoms with Gasteiger partial charge in [-0.15, -0.1) is 20.4 Å². The minimum atomic E-state index is 0.104. The predicted molar refractivity (Wildman–Crippen MR) is 119 cm³/mol. The van der Waals surface area contributed by atoms with Crippen LogP contribution in [-0.4, -0.2) is 61.3 Å². The molecule has 0 aliphatic heterocycles. The van der Waals surface area contributed by atoms with Crippen molar-refractivity contribution in [2.75, 3.05) is 39.3 Å². The van der Waals surface area contributed by atoms with Gasteiger partial charge in [0.25, 0.3) is 11.9 Å². The second-order valence-electron chi connectivity index (χ2n) is 5.95. The maximum Gasteiger partial charge on any atom is 0.282 e. The number of hydrazone groups is 2. The molecule has 0 spiro atoms. The van der Waals surface area contributed by atoms with Gasteiger partial charge in [0.2, 0.25) is 0 Å². The van der Waals surface area contributed by atoms with Gasteiger partial charge in [-0.05, 0) is 24.3 Å². The fourth-order valence-corrected chi connectivity index (χ4v) is 2.67. The van der Waals surface area contributed by atoms with Crippen LogP contribution in [0.3, 0.4) is 0 Å². The van der Waals surface area contributed by atoms with Crippen molar-refractivity contribution < 1.29 is 18.9 Å². The molecular formula is C20H22N8O4. The number of ether oxygens (including phenoxy) is 4. The van der Waals surface area contributed by atoms with E-state index < -0.39 is 0 Å². The molecule has 2 N–H and O–H groups in total. The molecule has 0 aliphatic carbocycles. The van der Waals surface area contributed by atoms with Gasteiger partial charge in [-0.3, -0.25) is 0 Å². The van der Waals surface area contributed by atoms with E-state index in [2.05, 4.69) is 41.4 Å². The van der Waals surface area contributed by atoms with Crippen LogP contribution in [0.5, 0.6) is 23.0 Å². The van der Waals surface area contributed by atoms with E-state index in [9.17, 15) is 0 Å². The molecule has 0 fully saturated rings.